The Hall–Kier alpha value is -1.69. The summed E-state index contributed by atoms with van der Waals surface area (Å²) in [4.78, 5) is 10.7. The van der Waals surface area contributed by atoms with Crippen LogP contribution in [0.3, 0.4) is 0 Å². The number of rotatable bonds is 2. The lowest BCUT2D eigenvalue weighted by molar-refractivity contribution is 0.208. The van der Waals surface area contributed by atoms with E-state index >= 15 is 0 Å². The molecule has 0 amide bonds. The molecule has 3 rings (SSSR count). The summed E-state index contributed by atoms with van der Waals surface area (Å²) in [6.45, 7) is 7.15. The maximum absolute atomic E-state index is 14.4. The lowest BCUT2D eigenvalue weighted by Gasteiger charge is -2.38. The number of piperazine rings is 1. The highest BCUT2D eigenvalue weighted by Gasteiger charge is 2.25. The maximum Gasteiger partial charge on any atom is 0.177 e. The van der Waals surface area contributed by atoms with E-state index in [0.29, 0.717) is 24.6 Å². The molecule has 0 saturated carbocycles. The van der Waals surface area contributed by atoms with Crippen molar-refractivity contribution in [3.8, 4) is 0 Å². The van der Waals surface area contributed by atoms with Gasteiger partial charge in [-0.05, 0) is 13.8 Å². The van der Waals surface area contributed by atoms with Crippen molar-refractivity contribution >= 4 is 16.7 Å². The van der Waals surface area contributed by atoms with Gasteiger partial charge in [0.05, 0.1) is 11.8 Å². The van der Waals surface area contributed by atoms with Crippen LogP contribution in [-0.2, 0) is 0 Å². The molecule has 2 heterocycles. The average molecular weight is 280 g/mol. The van der Waals surface area contributed by atoms with Crippen molar-refractivity contribution in [3.05, 3.63) is 24.0 Å². The van der Waals surface area contributed by atoms with Crippen LogP contribution in [0.15, 0.2) is 12.4 Å². The molecule has 1 aromatic heterocycles. The first-order valence-electron chi connectivity index (χ1n) is 6.88. The molecule has 1 N–H and O–H groups in total. The number of benzene rings is 1. The number of anilines is 1. The van der Waals surface area contributed by atoms with E-state index in [1.807, 2.05) is 0 Å². The van der Waals surface area contributed by atoms with Gasteiger partial charge >= 0.3 is 0 Å². The van der Waals surface area contributed by atoms with Crippen molar-refractivity contribution in [2.45, 2.75) is 19.9 Å². The summed E-state index contributed by atoms with van der Waals surface area (Å²) in [7, 11) is 0. The zero-order valence-electron chi connectivity index (χ0n) is 11.7. The Labute approximate surface area is 116 Å². The van der Waals surface area contributed by atoms with E-state index in [0.717, 1.165) is 13.1 Å². The first-order chi connectivity index (χ1) is 9.58. The van der Waals surface area contributed by atoms with Gasteiger partial charge in [0.2, 0.25) is 0 Å². The highest BCUT2D eigenvalue weighted by molar-refractivity contribution is 5.80. The normalized spacial score (nSPS) is 17.4. The number of aromatic amines is 1. The summed E-state index contributed by atoms with van der Waals surface area (Å²) < 4.78 is 28.6. The molecule has 1 aliphatic heterocycles. The van der Waals surface area contributed by atoms with Crippen molar-refractivity contribution in [2.24, 2.45) is 0 Å². The van der Waals surface area contributed by atoms with E-state index in [2.05, 4.69) is 28.7 Å². The molecular weight excluding hydrogens is 262 g/mol. The van der Waals surface area contributed by atoms with Gasteiger partial charge in [0.25, 0.3) is 0 Å². The standard InChI is InChI=1S/C14H18F2N4/c1-9(2)19-3-5-20(6-4-19)14-10(15)7-11-13(12(14)16)18-8-17-11/h7-9H,3-6H2,1-2H3,(H,17,18). The van der Waals surface area contributed by atoms with Crippen molar-refractivity contribution in [1.82, 2.24) is 14.9 Å². The highest BCUT2D eigenvalue weighted by Crippen LogP contribution is 2.29. The van der Waals surface area contributed by atoms with E-state index < -0.39 is 11.6 Å². The Morgan fingerprint density at radius 2 is 1.90 bits per heavy atom. The zero-order chi connectivity index (χ0) is 14.3. The summed E-state index contributed by atoms with van der Waals surface area (Å²) in [6, 6.07) is 1.77. The predicted molar refractivity (Wildman–Crippen MR) is 74.9 cm³/mol. The number of aromatic nitrogens is 2. The minimum absolute atomic E-state index is 0.0491. The number of H-pyrrole nitrogens is 1. The van der Waals surface area contributed by atoms with E-state index in [1.54, 1.807) is 4.90 Å². The second kappa shape index (κ2) is 5.01. The molecule has 1 aromatic carbocycles. The summed E-state index contributed by atoms with van der Waals surface area (Å²) >= 11 is 0. The van der Waals surface area contributed by atoms with Crippen molar-refractivity contribution < 1.29 is 8.78 Å². The van der Waals surface area contributed by atoms with Crippen LogP contribution in [0, 0.1) is 11.6 Å². The molecule has 0 spiro atoms. The summed E-state index contributed by atoms with van der Waals surface area (Å²) in [5, 5.41) is 0. The van der Waals surface area contributed by atoms with Gasteiger partial charge in [-0.15, -0.1) is 0 Å². The average Bonchev–Trinajstić information content (AvgIpc) is 2.87. The fourth-order valence-electron chi connectivity index (χ4n) is 2.75. The first-order valence-corrected chi connectivity index (χ1v) is 6.88. The molecule has 2 aromatic rings. The third kappa shape index (κ3) is 2.14. The summed E-state index contributed by atoms with van der Waals surface area (Å²) in [5.74, 6) is -1.10. The third-order valence-corrected chi connectivity index (χ3v) is 3.94. The molecule has 20 heavy (non-hydrogen) atoms. The van der Waals surface area contributed by atoms with Gasteiger partial charge in [-0.25, -0.2) is 13.8 Å². The van der Waals surface area contributed by atoms with Crippen LogP contribution in [0.1, 0.15) is 13.8 Å². The number of hydrogen-bond donors (Lipinski definition) is 1. The topological polar surface area (TPSA) is 35.2 Å². The van der Waals surface area contributed by atoms with Gasteiger partial charge in [0.15, 0.2) is 11.6 Å². The molecule has 0 radical (unpaired) electrons. The molecule has 1 saturated heterocycles. The Balaban J connectivity index is 1.91. The fraction of sp³-hybridized carbons (Fsp3) is 0.500. The van der Waals surface area contributed by atoms with Crippen molar-refractivity contribution in [2.75, 3.05) is 31.1 Å². The minimum Gasteiger partial charge on any atom is -0.364 e. The van der Waals surface area contributed by atoms with Gasteiger partial charge in [0, 0.05) is 38.3 Å². The molecule has 1 aliphatic rings. The van der Waals surface area contributed by atoms with Gasteiger partial charge in [0.1, 0.15) is 11.2 Å². The Morgan fingerprint density at radius 1 is 1.20 bits per heavy atom. The number of fused-ring (bicyclic) bond motifs is 1. The highest BCUT2D eigenvalue weighted by atomic mass is 19.1. The molecule has 6 heteroatoms. The number of nitrogens with zero attached hydrogens (tertiary/aromatic N) is 3. The van der Waals surface area contributed by atoms with E-state index in [-0.39, 0.29) is 11.2 Å². The molecule has 0 unspecified atom stereocenters. The minimum atomic E-state index is -0.570. The number of halogens is 2. The number of hydrogen-bond acceptors (Lipinski definition) is 3. The monoisotopic (exact) mass is 280 g/mol. The Bertz CT molecular complexity index is 615. The zero-order valence-corrected chi connectivity index (χ0v) is 11.7. The van der Waals surface area contributed by atoms with Gasteiger partial charge < -0.3 is 9.88 Å². The quantitative estimate of drug-likeness (QED) is 0.917. The van der Waals surface area contributed by atoms with Crippen molar-refractivity contribution in [1.29, 1.82) is 0 Å². The van der Waals surface area contributed by atoms with Crippen LogP contribution in [-0.4, -0.2) is 47.1 Å². The van der Waals surface area contributed by atoms with Crippen LogP contribution < -0.4 is 4.90 Å². The number of nitrogens with one attached hydrogen (secondary N) is 1. The van der Waals surface area contributed by atoms with Crippen LogP contribution in [0.5, 0.6) is 0 Å². The summed E-state index contributed by atoms with van der Waals surface area (Å²) in [5.41, 5.74) is 0.644. The van der Waals surface area contributed by atoms with E-state index in [1.165, 1.54) is 12.4 Å². The van der Waals surface area contributed by atoms with E-state index in [4.69, 9.17) is 0 Å². The molecule has 4 nitrogen and oxygen atoms in total. The lowest BCUT2D eigenvalue weighted by Crippen LogP contribution is -2.49. The second-order valence-electron chi connectivity index (χ2n) is 5.44. The molecule has 0 bridgehead atoms. The Morgan fingerprint density at radius 3 is 2.55 bits per heavy atom. The van der Waals surface area contributed by atoms with Gasteiger partial charge in [-0.1, -0.05) is 0 Å². The fourth-order valence-corrected chi connectivity index (χ4v) is 2.75. The Kier molecular flexibility index (Phi) is 3.33. The van der Waals surface area contributed by atoms with Crippen LogP contribution >= 0.6 is 0 Å². The summed E-state index contributed by atoms with van der Waals surface area (Å²) in [6.07, 6.45) is 1.38. The third-order valence-electron chi connectivity index (χ3n) is 3.94. The molecule has 0 atom stereocenters. The molecule has 0 aliphatic carbocycles. The van der Waals surface area contributed by atoms with Gasteiger partial charge in [-0.3, -0.25) is 4.90 Å². The van der Waals surface area contributed by atoms with E-state index in [9.17, 15) is 8.78 Å². The molecular formula is C14H18F2N4. The van der Waals surface area contributed by atoms with Crippen LogP contribution in [0.4, 0.5) is 14.5 Å². The van der Waals surface area contributed by atoms with Crippen LogP contribution in [0.2, 0.25) is 0 Å². The largest absolute Gasteiger partial charge is 0.364 e. The van der Waals surface area contributed by atoms with Crippen LogP contribution in [0.25, 0.3) is 11.0 Å². The maximum atomic E-state index is 14.4. The van der Waals surface area contributed by atoms with Gasteiger partial charge in [-0.2, -0.15) is 0 Å². The SMILES string of the molecule is CC(C)N1CCN(c2c(F)cc3[nH]cnc3c2F)CC1. The molecule has 108 valence electrons. The predicted octanol–water partition coefficient (Wildman–Crippen LogP) is 2.37. The van der Waals surface area contributed by atoms with Crippen molar-refractivity contribution in [3.63, 3.8) is 0 Å². The number of imidazole rings is 1. The first kappa shape index (κ1) is 13.3. The molecule has 1 fully saturated rings. The lowest BCUT2D eigenvalue weighted by atomic mass is 10.2. The second-order valence-corrected chi connectivity index (χ2v) is 5.44. The smallest absolute Gasteiger partial charge is 0.177 e.